The first-order valence-corrected chi connectivity index (χ1v) is 7.70. The predicted molar refractivity (Wildman–Crippen MR) is 72.8 cm³/mol. The third kappa shape index (κ3) is 9.44. The molecule has 0 fully saturated rings. The molecule has 0 aromatic heterocycles. The molecule has 0 atom stereocenters. The quantitative estimate of drug-likeness (QED) is 0.568. The first-order chi connectivity index (χ1) is 8.33. The summed E-state index contributed by atoms with van der Waals surface area (Å²) in [6.07, 6.45) is 9.19. The first kappa shape index (κ1) is 16.7. The molecule has 17 heavy (non-hydrogen) atoms. The Morgan fingerprint density at radius 3 is 2.06 bits per heavy atom. The van der Waals surface area contributed by atoms with E-state index in [2.05, 4.69) is 31.4 Å². The Bertz CT molecular complexity index is 274. The van der Waals surface area contributed by atoms with E-state index in [0.29, 0.717) is 5.75 Å². The van der Waals surface area contributed by atoms with Gasteiger partial charge in [-0.1, -0.05) is 51.2 Å². The minimum absolute atomic E-state index is 0.363. The van der Waals surface area contributed by atoms with E-state index >= 15 is 0 Å². The predicted octanol–water partition coefficient (Wildman–Crippen LogP) is 4.94. The Morgan fingerprint density at radius 2 is 1.47 bits per heavy atom. The summed E-state index contributed by atoms with van der Waals surface area (Å²) < 4.78 is 0. The fraction of sp³-hybridized carbons (Fsp3) is 0.571. The van der Waals surface area contributed by atoms with Crippen LogP contribution in [0.3, 0.4) is 0 Å². The van der Waals surface area contributed by atoms with Crippen LogP contribution in [0.2, 0.25) is 0 Å². The summed E-state index contributed by atoms with van der Waals surface area (Å²) in [6.45, 7) is 2.25. The third-order valence-corrected chi connectivity index (χ3v) is 2.76. The number of aryl methyl sites for hydroxylation is 1. The Labute approximate surface area is 117 Å². The fourth-order valence-electron chi connectivity index (χ4n) is 1.77. The average molecular weight is 297 g/mol. The number of phenols is 1. The third-order valence-electron chi connectivity index (χ3n) is 2.76. The molecule has 100 valence electrons. The molecule has 1 aromatic carbocycles. The van der Waals surface area contributed by atoms with Crippen molar-refractivity contribution in [3.05, 3.63) is 29.8 Å². The van der Waals surface area contributed by atoms with Gasteiger partial charge in [-0.05, 0) is 30.5 Å². The van der Waals surface area contributed by atoms with Crippen molar-refractivity contribution in [2.45, 2.75) is 51.9 Å². The van der Waals surface area contributed by atoms with Crippen molar-refractivity contribution in [1.82, 2.24) is 0 Å². The molecule has 1 aromatic rings. The van der Waals surface area contributed by atoms with Crippen molar-refractivity contribution in [3.63, 3.8) is 0 Å². The van der Waals surface area contributed by atoms with Gasteiger partial charge in [-0.2, -0.15) is 0 Å². The number of unbranched alkanes of at least 4 members (excludes halogenated alkanes) is 5. The zero-order chi connectivity index (χ0) is 12.9. The van der Waals surface area contributed by atoms with Crippen molar-refractivity contribution in [1.29, 1.82) is 0 Å². The van der Waals surface area contributed by atoms with Gasteiger partial charge >= 0.3 is 24.5 Å². The standard InChI is InChI=1S/C14H22O.Ni.S/c1-2-3-4-5-6-7-8-13-9-11-14(15)12-10-13;;/h9-12,15H,2-8H2,1H3;;. The summed E-state index contributed by atoms with van der Waals surface area (Å²) >= 11 is 3.46. The Morgan fingerprint density at radius 1 is 0.941 bits per heavy atom. The van der Waals surface area contributed by atoms with E-state index in [1.165, 1.54) is 44.1 Å². The second kappa shape index (κ2) is 12.2. The topological polar surface area (TPSA) is 20.2 Å². The Kier molecular flexibility index (Phi) is 12.0. The molecule has 1 N–H and O–H groups in total. The van der Waals surface area contributed by atoms with Crippen LogP contribution < -0.4 is 0 Å². The van der Waals surface area contributed by atoms with Crippen LogP contribution in [-0.4, -0.2) is 5.11 Å². The number of phenolic OH excluding ortho intramolecular Hbond substituents is 1. The van der Waals surface area contributed by atoms with Gasteiger partial charge in [0.05, 0.1) is 0 Å². The summed E-state index contributed by atoms with van der Waals surface area (Å²) in [6, 6.07) is 7.57. The zero-order valence-corrected chi connectivity index (χ0v) is 12.2. The van der Waals surface area contributed by atoms with Crippen LogP contribution in [0.5, 0.6) is 5.75 Å². The van der Waals surface area contributed by atoms with Gasteiger partial charge in [0.25, 0.3) is 0 Å². The van der Waals surface area contributed by atoms with Crippen molar-refractivity contribution in [2.24, 2.45) is 0 Å². The zero-order valence-electron chi connectivity index (χ0n) is 10.4. The van der Waals surface area contributed by atoms with Gasteiger partial charge in [-0.25, -0.2) is 0 Å². The van der Waals surface area contributed by atoms with Crippen molar-refractivity contribution < 1.29 is 19.0 Å². The van der Waals surface area contributed by atoms with Gasteiger partial charge in [-0.15, -0.1) is 0 Å². The molecule has 0 amide bonds. The molecule has 3 heteroatoms. The molecule has 0 aliphatic rings. The number of benzene rings is 1. The fourth-order valence-corrected chi connectivity index (χ4v) is 1.77. The van der Waals surface area contributed by atoms with Crippen LogP contribution in [0.1, 0.15) is 51.0 Å². The van der Waals surface area contributed by atoms with E-state index in [-0.39, 0.29) is 0 Å². The molecule has 0 heterocycles. The summed E-state index contributed by atoms with van der Waals surface area (Å²) in [7, 11) is 3.71. The van der Waals surface area contributed by atoms with E-state index in [1.54, 1.807) is 12.1 Å². The average Bonchev–Trinajstić information content (AvgIpc) is 2.38. The van der Waals surface area contributed by atoms with Crippen molar-refractivity contribution >= 4 is 10.7 Å². The van der Waals surface area contributed by atoms with Gasteiger partial charge in [0, 0.05) is 0 Å². The molecule has 0 spiro atoms. The van der Waals surface area contributed by atoms with Gasteiger partial charge in [0.2, 0.25) is 0 Å². The molecular weight excluding hydrogens is 275 g/mol. The number of hydrogen-bond donors (Lipinski definition) is 1. The second-order valence-corrected chi connectivity index (χ2v) is 4.18. The molecule has 0 aliphatic carbocycles. The molecule has 0 radical (unpaired) electrons. The van der Waals surface area contributed by atoms with Crippen LogP contribution in [0, 0.1) is 0 Å². The maximum atomic E-state index is 9.13. The second-order valence-electron chi connectivity index (χ2n) is 4.18. The minimum atomic E-state index is 0.363. The van der Waals surface area contributed by atoms with Gasteiger partial charge in [0.15, 0.2) is 0 Å². The maximum absolute atomic E-state index is 9.13. The van der Waals surface area contributed by atoms with Gasteiger partial charge < -0.3 is 5.11 Å². The van der Waals surface area contributed by atoms with E-state index in [0.717, 1.165) is 6.42 Å². The number of hydrogen-bond acceptors (Lipinski definition) is 2. The Balaban J connectivity index is 0.00000121. The molecule has 1 rings (SSSR count). The van der Waals surface area contributed by atoms with Crippen LogP contribution >= 0.6 is 10.7 Å². The Hall–Kier alpha value is -0.266. The van der Waals surface area contributed by atoms with Crippen molar-refractivity contribution in [3.8, 4) is 5.75 Å². The summed E-state index contributed by atoms with van der Waals surface area (Å²) in [5, 5.41) is 9.13. The number of aromatic hydroxyl groups is 1. The van der Waals surface area contributed by atoms with Crippen molar-refractivity contribution in [2.75, 3.05) is 0 Å². The van der Waals surface area contributed by atoms with Crippen LogP contribution in [0.4, 0.5) is 0 Å². The summed E-state index contributed by atoms with van der Waals surface area (Å²) in [4.78, 5) is 0. The van der Waals surface area contributed by atoms with E-state index in [4.69, 9.17) is 5.11 Å². The molecule has 0 aliphatic heterocycles. The van der Waals surface area contributed by atoms with Crippen LogP contribution in [0.15, 0.2) is 24.3 Å². The van der Waals surface area contributed by atoms with Crippen LogP contribution in [0.25, 0.3) is 0 Å². The molecule has 0 saturated heterocycles. The molecular formula is C14H22NiOS. The monoisotopic (exact) mass is 296 g/mol. The first-order valence-electron chi connectivity index (χ1n) is 6.23. The molecule has 0 bridgehead atoms. The van der Waals surface area contributed by atoms with E-state index in [1.807, 2.05) is 12.1 Å². The van der Waals surface area contributed by atoms with Crippen LogP contribution in [-0.2, 0) is 20.3 Å². The van der Waals surface area contributed by atoms with E-state index in [9.17, 15) is 0 Å². The molecule has 0 saturated carbocycles. The SMILES string of the molecule is CCCCCCCCc1ccc(O)cc1.[S]=[Ni]. The number of rotatable bonds is 7. The van der Waals surface area contributed by atoms with Gasteiger partial charge in [0.1, 0.15) is 5.75 Å². The molecule has 1 nitrogen and oxygen atoms in total. The summed E-state index contributed by atoms with van der Waals surface area (Å²) in [5.41, 5.74) is 1.34. The summed E-state index contributed by atoms with van der Waals surface area (Å²) in [5.74, 6) is 0.363. The van der Waals surface area contributed by atoms with Gasteiger partial charge in [-0.3, -0.25) is 0 Å². The van der Waals surface area contributed by atoms with E-state index < -0.39 is 0 Å². The molecule has 0 unspecified atom stereocenters. The normalized spacial score (nSPS) is 9.59.